The minimum Gasteiger partial charge on any atom is -0.397 e. The highest BCUT2D eigenvalue weighted by Gasteiger charge is 2.20. The van der Waals surface area contributed by atoms with E-state index in [0.29, 0.717) is 17.1 Å². The summed E-state index contributed by atoms with van der Waals surface area (Å²) in [6.45, 7) is 0.152. The zero-order valence-corrected chi connectivity index (χ0v) is 12.8. The first-order valence-electron chi connectivity index (χ1n) is 7.11. The summed E-state index contributed by atoms with van der Waals surface area (Å²) in [5, 5.41) is 2.94. The molecule has 1 aromatic carbocycles. The number of aromatic nitrogens is 1. The van der Waals surface area contributed by atoms with E-state index in [9.17, 15) is 9.59 Å². The van der Waals surface area contributed by atoms with Gasteiger partial charge in [0.1, 0.15) is 5.82 Å². The van der Waals surface area contributed by atoms with Crippen molar-refractivity contribution in [2.75, 3.05) is 29.5 Å². The fourth-order valence-corrected chi connectivity index (χ4v) is 2.13. The van der Waals surface area contributed by atoms with E-state index in [2.05, 4.69) is 10.3 Å². The van der Waals surface area contributed by atoms with Gasteiger partial charge in [-0.25, -0.2) is 4.98 Å². The summed E-state index contributed by atoms with van der Waals surface area (Å²) < 4.78 is 0. The predicted octanol–water partition coefficient (Wildman–Crippen LogP) is 1.23. The van der Waals surface area contributed by atoms with Gasteiger partial charge in [-0.15, -0.1) is 0 Å². The van der Waals surface area contributed by atoms with Crippen LogP contribution in [-0.2, 0) is 4.79 Å². The van der Waals surface area contributed by atoms with Crippen molar-refractivity contribution in [1.29, 1.82) is 0 Å². The molecular weight excluding hydrogens is 294 g/mol. The van der Waals surface area contributed by atoms with Gasteiger partial charge in [0.05, 0.1) is 11.4 Å². The monoisotopic (exact) mass is 313 g/mol. The Labute approximate surface area is 134 Å². The smallest absolute Gasteiger partial charge is 0.259 e. The highest BCUT2D eigenvalue weighted by Crippen LogP contribution is 2.22. The first-order chi connectivity index (χ1) is 11.0. The molecule has 5 N–H and O–H groups in total. The molecule has 0 aliphatic rings. The number of carbonyl (C=O) groups is 2. The van der Waals surface area contributed by atoms with Crippen molar-refractivity contribution < 1.29 is 9.59 Å². The number of benzene rings is 1. The Morgan fingerprint density at radius 3 is 2.61 bits per heavy atom. The number of rotatable bonds is 6. The number of nitrogens with zero attached hydrogens (tertiary/aromatic N) is 2. The molecule has 2 amide bonds. The van der Waals surface area contributed by atoms with Crippen LogP contribution in [0.1, 0.15) is 16.8 Å². The second-order valence-corrected chi connectivity index (χ2v) is 4.91. The quantitative estimate of drug-likeness (QED) is 0.694. The molecule has 23 heavy (non-hydrogen) atoms. The fraction of sp³-hybridized carbons (Fsp3) is 0.188. The molecule has 7 heteroatoms. The number of nitrogen functional groups attached to an aromatic ring is 1. The third-order valence-electron chi connectivity index (χ3n) is 3.32. The van der Waals surface area contributed by atoms with Gasteiger partial charge < -0.3 is 16.8 Å². The van der Waals surface area contributed by atoms with Crippen LogP contribution < -0.4 is 21.7 Å². The Morgan fingerprint density at radius 2 is 2.04 bits per heavy atom. The summed E-state index contributed by atoms with van der Waals surface area (Å²) in [6, 6.07) is 10.2. The number of hydrogen-bond acceptors (Lipinski definition) is 5. The number of nitrogens with one attached hydrogen (secondary N) is 1. The third kappa shape index (κ3) is 3.97. The average molecular weight is 313 g/mol. The molecule has 0 bridgehead atoms. The van der Waals surface area contributed by atoms with Crippen molar-refractivity contribution in [1.82, 2.24) is 4.98 Å². The van der Waals surface area contributed by atoms with Gasteiger partial charge in [0.2, 0.25) is 5.91 Å². The fourth-order valence-electron chi connectivity index (χ4n) is 2.13. The Hall–Kier alpha value is -3.09. The average Bonchev–Trinajstić information content (AvgIpc) is 2.55. The molecular formula is C16H19N5O2. The molecule has 2 aromatic rings. The topological polar surface area (TPSA) is 114 Å². The number of pyridine rings is 1. The van der Waals surface area contributed by atoms with Crippen molar-refractivity contribution in [2.24, 2.45) is 5.73 Å². The molecule has 0 aliphatic carbocycles. The summed E-state index contributed by atoms with van der Waals surface area (Å²) >= 11 is 0. The predicted molar refractivity (Wildman–Crippen MR) is 90.1 cm³/mol. The molecule has 1 aromatic heterocycles. The standard InChI is InChI=1S/C16H19N5O2/c1-19-13-6-5-11(10-12(13)17)16(23)21(9-7-14(18)22)15-4-2-3-8-20-15/h2-6,8,10,19H,7,9,17H2,1H3,(H2,18,22). The molecule has 0 aliphatic heterocycles. The Balaban J connectivity index is 2.32. The van der Waals surface area contributed by atoms with E-state index in [-0.39, 0.29) is 18.9 Å². The van der Waals surface area contributed by atoms with Gasteiger partial charge in [-0.05, 0) is 30.3 Å². The zero-order valence-electron chi connectivity index (χ0n) is 12.8. The number of amides is 2. The molecule has 0 fully saturated rings. The summed E-state index contributed by atoms with van der Waals surface area (Å²) in [5.74, 6) is -0.321. The lowest BCUT2D eigenvalue weighted by molar-refractivity contribution is -0.117. The van der Waals surface area contributed by atoms with Crippen LogP contribution in [0.5, 0.6) is 0 Å². The highest BCUT2D eigenvalue weighted by atomic mass is 16.2. The number of hydrogen-bond donors (Lipinski definition) is 3. The van der Waals surface area contributed by atoms with Crippen LogP contribution in [0.2, 0.25) is 0 Å². The van der Waals surface area contributed by atoms with Gasteiger partial charge in [0, 0.05) is 31.8 Å². The number of primary amides is 1. The maximum atomic E-state index is 12.8. The minimum atomic E-state index is -0.483. The first-order valence-corrected chi connectivity index (χ1v) is 7.11. The second kappa shape index (κ2) is 7.26. The van der Waals surface area contributed by atoms with Crippen LogP contribution in [0.15, 0.2) is 42.6 Å². The molecule has 0 atom stereocenters. The molecule has 0 radical (unpaired) electrons. The van der Waals surface area contributed by atoms with Gasteiger partial charge in [0.15, 0.2) is 0 Å². The van der Waals surface area contributed by atoms with Crippen molar-refractivity contribution in [3.63, 3.8) is 0 Å². The lowest BCUT2D eigenvalue weighted by Gasteiger charge is -2.21. The maximum absolute atomic E-state index is 12.8. The van der Waals surface area contributed by atoms with Gasteiger partial charge >= 0.3 is 0 Å². The maximum Gasteiger partial charge on any atom is 0.259 e. The lowest BCUT2D eigenvalue weighted by atomic mass is 10.1. The summed E-state index contributed by atoms with van der Waals surface area (Å²) in [4.78, 5) is 29.4. The van der Waals surface area contributed by atoms with E-state index in [1.54, 1.807) is 49.6 Å². The molecule has 120 valence electrons. The Kier molecular flexibility index (Phi) is 5.14. The highest BCUT2D eigenvalue weighted by molar-refractivity contribution is 6.06. The normalized spacial score (nSPS) is 10.1. The van der Waals surface area contributed by atoms with Gasteiger partial charge in [-0.3, -0.25) is 14.5 Å². The summed E-state index contributed by atoms with van der Waals surface area (Å²) in [6.07, 6.45) is 1.63. The second-order valence-electron chi connectivity index (χ2n) is 4.91. The third-order valence-corrected chi connectivity index (χ3v) is 3.32. The van der Waals surface area contributed by atoms with Gasteiger partial charge in [-0.2, -0.15) is 0 Å². The van der Waals surface area contributed by atoms with Crippen LogP contribution in [0.3, 0.4) is 0 Å². The first kappa shape index (κ1) is 16.3. The lowest BCUT2D eigenvalue weighted by Crippen LogP contribution is -2.34. The molecule has 0 saturated carbocycles. The van der Waals surface area contributed by atoms with Crippen molar-refractivity contribution in [2.45, 2.75) is 6.42 Å². The van der Waals surface area contributed by atoms with Crippen LogP contribution in [0.25, 0.3) is 0 Å². The Morgan fingerprint density at radius 1 is 1.26 bits per heavy atom. The molecule has 0 unspecified atom stereocenters. The van der Waals surface area contributed by atoms with E-state index < -0.39 is 5.91 Å². The summed E-state index contributed by atoms with van der Waals surface area (Å²) in [7, 11) is 1.75. The largest absolute Gasteiger partial charge is 0.397 e. The summed E-state index contributed by atoms with van der Waals surface area (Å²) in [5.41, 5.74) is 12.7. The van der Waals surface area contributed by atoms with Crippen molar-refractivity contribution in [3.05, 3.63) is 48.2 Å². The van der Waals surface area contributed by atoms with Crippen LogP contribution >= 0.6 is 0 Å². The van der Waals surface area contributed by atoms with E-state index in [1.165, 1.54) is 4.90 Å². The van der Waals surface area contributed by atoms with E-state index in [4.69, 9.17) is 11.5 Å². The van der Waals surface area contributed by atoms with Gasteiger partial charge in [-0.1, -0.05) is 6.07 Å². The minimum absolute atomic E-state index is 0.0480. The van der Waals surface area contributed by atoms with Crippen molar-refractivity contribution >= 4 is 29.0 Å². The molecule has 1 heterocycles. The molecule has 0 saturated heterocycles. The number of nitrogens with two attached hydrogens (primary N) is 2. The van der Waals surface area contributed by atoms with Crippen molar-refractivity contribution in [3.8, 4) is 0 Å². The Bertz CT molecular complexity index is 703. The molecule has 7 nitrogen and oxygen atoms in total. The van der Waals surface area contributed by atoms with E-state index in [0.717, 1.165) is 5.69 Å². The van der Waals surface area contributed by atoms with Crippen LogP contribution in [0, 0.1) is 0 Å². The molecule has 2 rings (SSSR count). The van der Waals surface area contributed by atoms with E-state index in [1.807, 2.05) is 0 Å². The van der Waals surface area contributed by atoms with Crippen LogP contribution in [0.4, 0.5) is 17.2 Å². The van der Waals surface area contributed by atoms with Crippen LogP contribution in [-0.4, -0.2) is 30.4 Å². The SMILES string of the molecule is CNc1ccc(C(=O)N(CCC(N)=O)c2ccccn2)cc1N. The van der Waals surface area contributed by atoms with Gasteiger partial charge in [0.25, 0.3) is 5.91 Å². The molecule has 0 spiro atoms. The number of carbonyl (C=O) groups excluding carboxylic acids is 2. The van der Waals surface area contributed by atoms with E-state index >= 15 is 0 Å². The zero-order chi connectivity index (χ0) is 16.8. The number of anilines is 3.